The zero-order chi connectivity index (χ0) is 17.5. The molecular weight excluding hydrogens is 300 g/mol. The van der Waals surface area contributed by atoms with Crippen LogP contribution >= 0.6 is 0 Å². The highest BCUT2D eigenvalue weighted by Gasteiger charge is 2.30. The second-order valence-electron chi connectivity index (χ2n) is 6.90. The van der Waals surface area contributed by atoms with Crippen molar-refractivity contribution in [3.63, 3.8) is 0 Å². The van der Waals surface area contributed by atoms with Gasteiger partial charge in [-0.3, -0.25) is 0 Å². The summed E-state index contributed by atoms with van der Waals surface area (Å²) in [4.78, 5) is 14.8. The predicted octanol–water partition coefficient (Wildman–Crippen LogP) is 4.20. The lowest BCUT2D eigenvalue weighted by Gasteiger charge is -2.32. The molecule has 1 unspecified atom stereocenters. The van der Waals surface area contributed by atoms with E-state index in [1.54, 1.807) is 0 Å². The largest absolute Gasteiger partial charge is 0.461 e. The number of esters is 1. The summed E-state index contributed by atoms with van der Waals surface area (Å²) < 4.78 is 5.42. The highest BCUT2D eigenvalue weighted by molar-refractivity contribution is 5.94. The van der Waals surface area contributed by atoms with Gasteiger partial charge in [-0.25, -0.2) is 4.79 Å². The maximum Gasteiger partial charge on any atom is 0.348 e. The summed E-state index contributed by atoms with van der Waals surface area (Å²) in [6.45, 7) is 8.88. The van der Waals surface area contributed by atoms with Gasteiger partial charge < -0.3 is 9.64 Å². The molecule has 0 aromatic carbocycles. The van der Waals surface area contributed by atoms with Gasteiger partial charge in [0.25, 0.3) is 0 Å². The molecule has 24 heavy (non-hydrogen) atoms. The highest BCUT2D eigenvalue weighted by Crippen LogP contribution is 2.36. The molecule has 1 aliphatic carbocycles. The molecule has 0 N–H and O–H groups in total. The first-order valence-electron chi connectivity index (χ1n) is 9.37. The molecule has 0 amide bonds. The summed E-state index contributed by atoms with van der Waals surface area (Å²) in [6, 6.07) is 2.11. The lowest BCUT2D eigenvalue weighted by atomic mass is 9.96. The molecule has 0 bridgehead atoms. The van der Waals surface area contributed by atoms with E-state index in [0.29, 0.717) is 18.9 Å². The van der Waals surface area contributed by atoms with Crippen molar-refractivity contribution in [1.29, 1.82) is 5.26 Å². The van der Waals surface area contributed by atoms with Crippen LogP contribution in [0.5, 0.6) is 0 Å². The summed E-state index contributed by atoms with van der Waals surface area (Å²) >= 11 is 0. The van der Waals surface area contributed by atoms with Gasteiger partial charge in [0, 0.05) is 24.7 Å². The fourth-order valence-electron chi connectivity index (χ4n) is 3.66. The minimum atomic E-state index is -0.445. The Morgan fingerprint density at radius 2 is 2.00 bits per heavy atom. The van der Waals surface area contributed by atoms with Crippen molar-refractivity contribution in [3.05, 3.63) is 22.9 Å². The van der Waals surface area contributed by atoms with Crippen molar-refractivity contribution in [1.82, 2.24) is 4.90 Å². The molecule has 4 heteroatoms. The number of carbonyl (C=O) groups is 1. The number of piperidine rings is 1. The number of rotatable bonds is 6. The monoisotopic (exact) mass is 330 g/mol. The number of hydrogen-bond acceptors (Lipinski definition) is 4. The van der Waals surface area contributed by atoms with Crippen molar-refractivity contribution < 1.29 is 9.53 Å². The SMILES string of the molecule is CCC(CC)COC(=O)/C(C#N)=C1/CC=C(N2CCCCC2)C1C. The van der Waals surface area contributed by atoms with Crippen LogP contribution in [0.15, 0.2) is 22.9 Å². The molecule has 1 aliphatic heterocycles. The Morgan fingerprint density at radius 3 is 2.58 bits per heavy atom. The van der Waals surface area contributed by atoms with E-state index in [1.807, 2.05) is 0 Å². The highest BCUT2D eigenvalue weighted by atomic mass is 16.5. The average Bonchev–Trinajstić information content (AvgIpc) is 2.99. The molecule has 1 fully saturated rings. The van der Waals surface area contributed by atoms with Crippen LogP contribution in [0.1, 0.15) is 59.3 Å². The third-order valence-corrected chi connectivity index (χ3v) is 5.46. The van der Waals surface area contributed by atoms with Crippen molar-refractivity contribution in [2.24, 2.45) is 11.8 Å². The minimum Gasteiger partial charge on any atom is -0.461 e. The molecule has 2 aliphatic rings. The third-order valence-electron chi connectivity index (χ3n) is 5.46. The Bertz CT molecular complexity index is 546. The third kappa shape index (κ3) is 4.20. The van der Waals surface area contributed by atoms with Crippen LogP contribution in [-0.2, 0) is 9.53 Å². The number of likely N-dealkylation sites (tertiary alicyclic amines) is 1. The Morgan fingerprint density at radius 1 is 1.33 bits per heavy atom. The molecule has 2 rings (SSSR count). The summed E-state index contributed by atoms with van der Waals surface area (Å²) in [5.41, 5.74) is 2.43. The summed E-state index contributed by atoms with van der Waals surface area (Å²) in [6.07, 6.45) is 8.61. The molecule has 1 heterocycles. The molecule has 1 atom stereocenters. The first kappa shape index (κ1) is 18.6. The summed E-state index contributed by atoms with van der Waals surface area (Å²) in [7, 11) is 0. The van der Waals surface area contributed by atoms with E-state index in [4.69, 9.17) is 4.74 Å². The first-order chi connectivity index (χ1) is 11.6. The van der Waals surface area contributed by atoms with Crippen LogP contribution in [0.3, 0.4) is 0 Å². The maximum atomic E-state index is 12.4. The van der Waals surface area contributed by atoms with E-state index in [-0.39, 0.29) is 11.5 Å². The molecule has 0 spiro atoms. The number of ether oxygens (including phenoxy) is 1. The molecule has 0 saturated carbocycles. The number of nitrogens with zero attached hydrogens (tertiary/aromatic N) is 2. The van der Waals surface area contributed by atoms with Crippen LogP contribution in [0.2, 0.25) is 0 Å². The summed E-state index contributed by atoms with van der Waals surface area (Å²) in [5, 5.41) is 9.51. The Balaban J connectivity index is 2.06. The number of allylic oxidation sites excluding steroid dienone is 2. The molecular formula is C20H30N2O2. The van der Waals surface area contributed by atoms with Gasteiger partial charge >= 0.3 is 5.97 Å². The van der Waals surface area contributed by atoms with Gasteiger partial charge in [0.2, 0.25) is 0 Å². The van der Waals surface area contributed by atoms with Gasteiger partial charge in [-0.2, -0.15) is 5.26 Å². The average molecular weight is 330 g/mol. The van der Waals surface area contributed by atoms with Crippen LogP contribution in [0, 0.1) is 23.2 Å². The fourth-order valence-corrected chi connectivity index (χ4v) is 3.66. The standard InChI is InChI=1S/C20H30N2O2/c1-4-16(5-2)14-24-20(23)18(13-21)17-9-10-19(15(17)3)22-11-7-6-8-12-22/h10,15-16H,4-9,11-12,14H2,1-3H3/b18-17-. The second kappa shape index (κ2) is 8.92. The lowest BCUT2D eigenvalue weighted by Crippen LogP contribution is -2.31. The Hall–Kier alpha value is -1.76. The first-order valence-corrected chi connectivity index (χ1v) is 9.37. The van der Waals surface area contributed by atoms with Crippen LogP contribution in [0.4, 0.5) is 0 Å². The molecule has 0 radical (unpaired) electrons. The smallest absolute Gasteiger partial charge is 0.348 e. The number of hydrogen-bond donors (Lipinski definition) is 0. The van der Waals surface area contributed by atoms with Gasteiger partial charge in [-0.15, -0.1) is 0 Å². The lowest BCUT2D eigenvalue weighted by molar-refractivity contribution is -0.140. The van der Waals surface area contributed by atoms with E-state index in [9.17, 15) is 10.1 Å². The van der Waals surface area contributed by atoms with Crippen molar-refractivity contribution >= 4 is 5.97 Å². The van der Waals surface area contributed by atoms with E-state index in [1.165, 1.54) is 25.0 Å². The Labute approximate surface area is 146 Å². The van der Waals surface area contributed by atoms with Gasteiger partial charge in [-0.1, -0.05) is 39.7 Å². The second-order valence-corrected chi connectivity index (χ2v) is 6.90. The number of carbonyl (C=O) groups excluding carboxylic acids is 1. The van der Waals surface area contributed by atoms with E-state index in [2.05, 4.69) is 37.8 Å². The minimum absolute atomic E-state index is 0.137. The molecule has 4 nitrogen and oxygen atoms in total. The maximum absolute atomic E-state index is 12.4. The zero-order valence-electron chi connectivity index (χ0n) is 15.3. The van der Waals surface area contributed by atoms with Gasteiger partial charge in [0.05, 0.1) is 6.61 Å². The van der Waals surface area contributed by atoms with Gasteiger partial charge in [0.15, 0.2) is 0 Å². The topological polar surface area (TPSA) is 53.3 Å². The zero-order valence-corrected chi connectivity index (χ0v) is 15.3. The van der Waals surface area contributed by atoms with E-state index >= 15 is 0 Å². The quantitative estimate of drug-likeness (QED) is 0.416. The van der Waals surface area contributed by atoms with E-state index < -0.39 is 5.97 Å². The Kier molecular flexibility index (Phi) is 6.90. The fraction of sp³-hybridized carbons (Fsp3) is 0.700. The predicted molar refractivity (Wildman–Crippen MR) is 95.0 cm³/mol. The molecule has 0 aromatic rings. The van der Waals surface area contributed by atoms with Gasteiger partial charge in [0.1, 0.15) is 11.6 Å². The van der Waals surface area contributed by atoms with E-state index in [0.717, 1.165) is 31.5 Å². The van der Waals surface area contributed by atoms with Gasteiger partial charge in [-0.05, 0) is 37.2 Å². The normalized spacial score (nSPS) is 23.0. The summed E-state index contributed by atoms with van der Waals surface area (Å²) in [5.74, 6) is 0.0694. The molecule has 1 saturated heterocycles. The van der Waals surface area contributed by atoms with Crippen LogP contribution in [-0.4, -0.2) is 30.6 Å². The van der Waals surface area contributed by atoms with Crippen LogP contribution in [0.25, 0.3) is 0 Å². The van der Waals surface area contributed by atoms with Crippen molar-refractivity contribution in [3.8, 4) is 6.07 Å². The van der Waals surface area contributed by atoms with Crippen LogP contribution < -0.4 is 0 Å². The van der Waals surface area contributed by atoms with Crippen molar-refractivity contribution in [2.45, 2.75) is 59.3 Å². The molecule has 0 aromatic heterocycles. The van der Waals surface area contributed by atoms with Crippen molar-refractivity contribution in [2.75, 3.05) is 19.7 Å². The number of nitriles is 1. The molecule has 132 valence electrons.